The fourth-order valence-electron chi connectivity index (χ4n) is 7.20. The monoisotopic (exact) mass is 694 g/mol. The van der Waals surface area contributed by atoms with Gasteiger partial charge in [0.05, 0.1) is 24.2 Å². The van der Waals surface area contributed by atoms with Gasteiger partial charge in [0.1, 0.15) is 12.1 Å². The van der Waals surface area contributed by atoms with E-state index in [-0.39, 0.29) is 36.5 Å². The Morgan fingerprint density at radius 1 is 0.615 bits per heavy atom. The van der Waals surface area contributed by atoms with Crippen LogP contribution in [0.5, 0.6) is 0 Å². The predicted molar refractivity (Wildman–Crippen MR) is 201 cm³/mol. The molecule has 2 unspecified atom stereocenters. The predicted octanol–water partition coefficient (Wildman–Crippen LogP) is 6.10. The quantitative estimate of drug-likeness (QED) is 0.183. The van der Waals surface area contributed by atoms with Crippen molar-refractivity contribution in [1.29, 1.82) is 0 Å². The van der Waals surface area contributed by atoms with E-state index in [1.165, 1.54) is 0 Å². The summed E-state index contributed by atoms with van der Waals surface area (Å²) < 4.78 is 1.81. The van der Waals surface area contributed by atoms with Crippen molar-refractivity contribution in [3.05, 3.63) is 126 Å². The van der Waals surface area contributed by atoms with Crippen molar-refractivity contribution in [2.45, 2.75) is 50.6 Å². The molecule has 0 aliphatic carbocycles. The summed E-state index contributed by atoms with van der Waals surface area (Å²) in [6, 6.07) is 35.4. The Hall–Kier alpha value is -6.03. The van der Waals surface area contributed by atoms with Crippen molar-refractivity contribution >= 4 is 35.0 Å². The van der Waals surface area contributed by atoms with Crippen LogP contribution in [0.1, 0.15) is 36.8 Å². The van der Waals surface area contributed by atoms with E-state index in [9.17, 15) is 19.2 Å². The summed E-state index contributed by atoms with van der Waals surface area (Å²) >= 11 is 0. The number of anilines is 2. The highest BCUT2D eigenvalue weighted by molar-refractivity contribution is 5.99. The van der Waals surface area contributed by atoms with Crippen LogP contribution < -0.4 is 10.6 Å². The first-order valence-electron chi connectivity index (χ1n) is 17.9. The molecule has 3 heterocycles. The Bertz CT molecular complexity index is 2040. The van der Waals surface area contributed by atoms with Gasteiger partial charge in [-0.1, -0.05) is 84.9 Å². The highest BCUT2D eigenvalue weighted by Crippen LogP contribution is 2.29. The molecular formula is C42H42N6O4. The summed E-state index contributed by atoms with van der Waals surface area (Å²) in [5, 5.41) is 10.7. The number of hydrogen-bond donors (Lipinski definition) is 2. The van der Waals surface area contributed by atoms with E-state index < -0.39 is 12.1 Å². The molecule has 2 aliphatic heterocycles. The van der Waals surface area contributed by atoms with Crippen molar-refractivity contribution in [3.8, 4) is 22.5 Å². The van der Waals surface area contributed by atoms with Crippen LogP contribution in [0.25, 0.3) is 22.5 Å². The standard InChI is InChI=1S/C42H42N6O4/c1-46-38(32-18-22-34(23-19-32)44-42(52)37-15-9-25-48(37)40(50)27-30-12-6-3-7-13-30)28-35(45-46)31-16-20-33(21-17-31)43-41(51)36-14-8-24-47(36)39(49)26-29-10-4-2-5-11-29/h2-7,10-13,16-23,28,36-37H,8-9,14-15,24-27H2,1H3,(H,43,51)(H,44,52). The first kappa shape index (κ1) is 34.4. The maximum atomic E-state index is 13.2. The van der Waals surface area contributed by atoms with Gasteiger partial charge in [-0.3, -0.25) is 23.9 Å². The van der Waals surface area contributed by atoms with E-state index in [4.69, 9.17) is 5.10 Å². The smallest absolute Gasteiger partial charge is 0.247 e. The highest BCUT2D eigenvalue weighted by atomic mass is 16.2. The van der Waals surface area contributed by atoms with Crippen molar-refractivity contribution < 1.29 is 19.2 Å². The minimum Gasteiger partial charge on any atom is -0.330 e. The molecule has 0 spiro atoms. The maximum absolute atomic E-state index is 13.2. The zero-order chi connectivity index (χ0) is 36.0. The van der Waals surface area contributed by atoms with E-state index in [0.717, 1.165) is 46.5 Å². The topological polar surface area (TPSA) is 117 Å². The van der Waals surface area contributed by atoms with E-state index in [1.54, 1.807) is 9.80 Å². The third-order valence-corrected chi connectivity index (χ3v) is 9.92. The van der Waals surface area contributed by atoms with Crippen LogP contribution in [0.4, 0.5) is 11.4 Å². The molecule has 10 nitrogen and oxygen atoms in total. The normalized spacial score (nSPS) is 16.9. The second-order valence-electron chi connectivity index (χ2n) is 13.5. The lowest BCUT2D eigenvalue weighted by molar-refractivity contribution is -0.136. The Labute approximate surface area is 303 Å². The van der Waals surface area contributed by atoms with E-state index in [0.29, 0.717) is 37.3 Å². The summed E-state index contributed by atoms with van der Waals surface area (Å²) in [4.78, 5) is 55.9. The van der Waals surface area contributed by atoms with Gasteiger partial charge in [-0.2, -0.15) is 5.10 Å². The number of likely N-dealkylation sites (tertiary alicyclic amines) is 2. The van der Waals surface area contributed by atoms with Crippen LogP contribution >= 0.6 is 0 Å². The van der Waals surface area contributed by atoms with Crippen molar-refractivity contribution in [1.82, 2.24) is 19.6 Å². The Balaban J connectivity index is 0.949. The van der Waals surface area contributed by atoms with Gasteiger partial charge < -0.3 is 20.4 Å². The molecule has 2 N–H and O–H groups in total. The average molecular weight is 695 g/mol. The summed E-state index contributed by atoms with van der Waals surface area (Å²) in [5.74, 6) is -0.420. The second kappa shape index (κ2) is 15.5. The second-order valence-corrected chi connectivity index (χ2v) is 13.5. The number of carbonyl (C=O) groups is 4. The average Bonchev–Trinajstić information content (AvgIpc) is 3.94. The lowest BCUT2D eigenvalue weighted by atomic mass is 10.1. The van der Waals surface area contributed by atoms with Crippen LogP contribution in [0.3, 0.4) is 0 Å². The molecule has 2 fully saturated rings. The molecule has 2 aliphatic rings. The molecule has 4 aromatic carbocycles. The minimum atomic E-state index is -0.486. The molecule has 52 heavy (non-hydrogen) atoms. The number of rotatable bonds is 10. The zero-order valence-corrected chi connectivity index (χ0v) is 29.2. The first-order chi connectivity index (χ1) is 25.3. The molecule has 4 amide bonds. The molecule has 0 radical (unpaired) electrons. The molecule has 2 atom stereocenters. The zero-order valence-electron chi connectivity index (χ0n) is 29.2. The summed E-state index contributed by atoms with van der Waals surface area (Å²) in [5.41, 5.74) is 6.72. The van der Waals surface area contributed by atoms with Crippen LogP contribution in [0, 0.1) is 0 Å². The molecule has 1 aromatic heterocycles. The third kappa shape index (κ3) is 7.81. The van der Waals surface area contributed by atoms with Crippen LogP contribution in [-0.4, -0.2) is 68.4 Å². The number of aromatic nitrogens is 2. The Kier molecular flexibility index (Phi) is 10.2. The van der Waals surface area contributed by atoms with Crippen molar-refractivity contribution in [2.75, 3.05) is 23.7 Å². The van der Waals surface area contributed by atoms with Gasteiger partial charge in [0, 0.05) is 37.1 Å². The largest absolute Gasteiger partial charge is 0.330 e. The van der Waals surface area contributed by atoms with Crippen LogP contribution in [-0.2, 0) is 39.1 Å². The van der Waals surface area contributed by atoms with E-state index in [1.807, 2.05) is 127 Å². The van der Waals surface area contributed by atoms with E-state index >= 15 is 0 Å². The van der Waals surface area contributed by atoms with Gasteiger partial charge in [0.25, 0.3) is 0 Å². The lowest BCUT2D eigenvalue weighted by Gasteiger charge is -2.24. The maximum Gasteiger partial charge on any atom is 0.247 e. The molecule has 264 valence electrons. The van der Waals surface area contributed by atoms with Gasteiger partial charge in [-0.05, 0) is 72.7 Å². The van der Waals surface area contributed by atoms with E-state index in [2.05, 4.69) is 10.6 Å². The van der Waals surface area contributed by atoms with Gasteiger partial charge in [-0.15, -0.1) is 0 Å². The number of benzene rings is 4. The first-order valence-corrected chi connectivity index (χ1v) is 17.9. The number of hydrogen-bond acceptors (Lipinski definition) is 5. The SMILES string of the molecule is Cn1nc(-c2ccc(NC(=O)C3CCCN3C(=O)Cc3ccccc3)cc2)cc1-c1ccc(NC(=O)C2CCCN2C(=O)Cc2ccccc2)cc1. The van der Waals surface area contributed by atoms with Crippen molar-refractivity contribution in [3.63, 3.8) is 0 Å². The molecule has 0 bridgehead atoms. The number of carbonyl (C=O) groups excluding carboxylic acids is 4. The van der Waals surface area contributed by atoms with Gasteiger partial charge in [-0.25, -0.2) is 0 Å². The van der Waals surface area contributed by atoms with Crippen LogP contribution in [0.2, 0.25) is 0 Å². The molecule has 2 saturated heterocycles. The molecule has 5 aromatic rings. The minimum absolute atomic E-state index is 0.0335. The summed E-state index contributed by atoms with van der Waals surface area (Å²) in [7, 11) is 1.89. The number of aryl methyl sites for hydroxylation is 1. The van der Waals surface area contributed by atoms with Gasteiger partial charge >= 0.3 is 0 Å². The van der Waals surface area contributed by atoms with Gasteiger partial charge in [0.2, 0.25) is 23.6 Å². The molecule has 7 rings (SSSR count). The number of amides is 4. The lowest BCUT2D eigenvalue weighted by Crippen LogP contribution is -2.43. The summed E-state index contributed by atoms with van der Waals surface area (Å²) in [6.07, 6.45) is 3.45. The van der Waals surface area contributed by atoms with Gasteiger partial charge in [0.15, 0.2) is 0 Å². The molecule has 0 saturated carbocycles. The van der Waals surface area contributed by atoms with Crippen molar-refractivity contribution in [2.24, 2.45) is 7.05 Å². The van der Waals surface area contributed by atoms with Crippen LogP contribution in [0.15, 0.2) is 115 Å². The Morgan fingerprint density at radius 2 is 1.06 bits per heavy atom. The molecule has 10 heteroatoms. The highest BCUT2D eigenvalue weighted by Gasteiger charge is 2.35. The number of nitrogens with one attached hydrogen (secondary N) is 2. The summed E-state index contributed by atoms with van der Waals surface area (Å²) in [6.45, 7) is 1.17. The third-order valence-electron chi connectivity index (χ3n) is 9.92. The number of nitrogens with zero attached hydrogens (tertiary/aromatic N) is 4. The Morgan fingerprint density at radius 3 is 1.52 bits per heavy atom. The molecular weight excluding hydrogens is 653 g/mol. The fourth-order valence-corrected chi connectivity index (χ4v) is 7.20. The fraction of sp³-hybridized carbons (Fsp3) is 0.262.